The van der Waals surface area contributed by atoms with Crippen molar-refractivity contribution < 1.29 is 9.84 Å². The van der Waals surface area contributed by atoms with E-state index in [4.69, 9.17) is 9.72 Å². The Balaban J connectivity index is 2.20. The molecular weight excluding hydrogens is 458 g/mol. The van der Waals surface area contributed by atoms with E-state index >= 15 is 0 Å². The molecule has 0 radical (unpaired) electrons. The van der Waals surface area contributed by atoms with Gasteiger partial charge in [-0.2, -0.15) is 9.78 Å². The molecule has 2 aromatic carbocycles. The quantitative estimate of drug-likeness (QED) is 0.387. The summed E-state index contributed by atoms with van der Waals surface area (Å²) >= 11 is 3.42. The monoisotopic (exact) mass is 483 g/mol. The zero-order chi connectivity index (χ0) is 22.8. The lowest BCUT2D eigenvalue weighted by atomic mass is 9.95. The van der Waals surface area contributed by atoms with Crippen LogP contribution in [0, 0.1) is 0 Å². The van der Waals surface area contributed by atoms with Crippen molar-refractivity contribution in [3.05, 3.63) is 74.8 Å². The standard InChI is InChI=1S/C24H26BrN3O3/c1-6-8-16-11-15(12-20(21(16)29)31-7-2)14-26-28-22(30)18-13-17(25)9-10-19(18)27-23(28)24(3,4)5/h6,9-14,29H,1,7-8H2,2-5H3. The molecular formula is C24H26BrN3O3. The maximum Gasteiger partial charge on any atom is 0.282 e. The Kier molecular flexibility index (Phi) is 6.65. The summed E-state index contributed by atoms with van der Waals surface area (Å²) in [4.78, 5) is 18.0. The first-order valence-corrected chi connectivity index (χ1v) is 10.8. The Morgan fingerprint density at radius 1 is 1.29 bits per heavy atom. The Hall–Kier alpha value is -2.93. The number of phenols is 1. The molecule has 0 atom stereocenters. The van der Waals surface area contributed by atoms with Crippen LogP contribution in [-0.4, -0.2) is 27.6 Å². The highest BCUT2D eigenvalue weighted by Gasteiger charge is 2.23. The van der Waals surface area contributed by atoms with Crippen LogP contribution in [0.15, 0.2) is 57.4 Å². The van der Waals surface area contributed by atoms with Crippen LogP contribution < -0.4 is 10.3 Å². The molecule has 0 spiro atoms. The van der Waals surface area contributed by atoms with E-state index in [0.717, 1.165) is 4.47 Å². The van der Waals surface area contributed by atoms with Gasteiger partial charge in [0.2, 0.25) is 0 Å². The number of ether oxygens (including phenoxy) is 1. The second-order valence-electron chi connectivity index (χ2n) is 8.16. The zero-order valence-electron chi connectivity index (χ0n) is 18.1. The number of fused-ring (bicyclic) bond motifs is 1. The molecule has 0 aliphatic heterocycles. The molecule has 6 nitrogen and oxygen atoms in total. The first-order chi connectivity index (χ1) is 14.7. The van der Waals surface area contributed by atoms with Crippen LogP contribution in [0.2, 0.25) is 0 Å². The first kappa shape index (κ1) is 22.7. The van der Waals surface area contributed by atoms with Crippen LogP contribution in [0.5, 0.6) is 11.5 Å². The Morgan fingerprint density at radius 2 is 2.03 bits per heavy atom. The van der Waals surface area contributed by atoms with Gasteiger partial charge in [-0.05, 0) is 49.2 Å². The molecule has 0 amide bonds. The molecule has 0 fully saturated rings. The summed E-state index contributed by atoms with van der Waals surface area (Å²) in [6, 6.07) is 8.93. The van der Waals surface area contributed by atoms with E-state index in [1.165, 1.54) is 4.68 Å². The highest BCUT2D eigenvalue weighted by atomic mass is 79.9. The van der Waals surface area contributed by atoms with E-state index in [-0.39, 0.29) is 11.3 Å². The van der Waals surface area contributed by atoms with Crippen LogP contribution in [0.4, 0.5) is 0 Å². The summed E-state index contributed by atoms with van der Waals surface area (Å²) in [5.41, 5.74) is 1.34. The number of aromatic nitrogens is 2. The average molecular weight is 484 g/mol. The molecule has 0 bridgehead atoms. The fourth-order valence-electron chi connectivity index (χ4n) is 3.21. The van der Waals surface area contributed by atoms with Crippen molar-refractivity contribution in [2.45, 2.75) is 39.5 Å². The van der Waals surface area contributed by atoms with Crippen LogP contribution in [0.25, 0.3) is 10.9 Å². The minimum Gasteiger partial charge on any atom is -0.504 e. The summed E-state index contributed by atoms with van der Waals surface area (Å²) in [5, 5.41) is 15.4. The van der Waals surface area contributed by atoms with E-state index in [0.29, 0.717) is 46.6 Å². The minimum absolute atomic E-state index is 0.0867. The van der Waals surface area contributed by atoms with Gasteiger partial charge in [0.25, 0.3) is 5.56 Å². The second kappa shape index (κ2) is 9.06. The molecule has 0 saturated carbocycles. The molecule has 3 aromatic rings. The number of halogens is 1. The summed E-state index contributed by atoms with van der Waals surface area (Å²) in [7, 11) is 0. The number of hydrogen-bond acceptors (Lipinski definition) is 5. The molecule has 31 heavy (non-hydrogen) atoms. The van der Waals surface area contributed by atoms with Gasteiger partial charge in [-0.3, -0.25) is 4.79 Å². The van der Waals surface area contributed by atoms with Crippen molar-refractivity contribution in [2.24, 2.45) is 5.10 Å². The summed E-state index contributed by atoms with van der Waals surface area (Å²) < 4.78 is 7.70. The van der Waals surface area contributed by atoms with Crippen molar-refractivity contribution in [1.82, 2.24) is 9.66 Å². The largest absolute Gasteiger partial charge is 0.504 e. The molecule has 3 rings (SSSR count). The fraction of sp³-hybridized carbons (Fsp3) is 0.292. The maximum atomic E-state index is 13.3. The lowest BCUT2D eigenvalue weighted by molar-refractivity contribution is 0.317. The maximum absolute atomic E-state index is 13.3. The number of rotatable bonds is 6. The van der Waals surface area contributed by atoms with E-state index in [1.807, 2.05) is 39.8 Å². The van der Waals surface area contributed by atoms with E-state index in [9.17, 15) is 9.90 Å². The van der Waals surface area contributed by atoms with Gasteiger partial charge in [0.15, 0.2) is 11.5 Å². The van der Waals surface area contributed by atoms with Gasteiger partial charge in [0, 0.05) is 15.5 Å². The van der Waals surface area contributed by atoms with Crippen molar-refractivity contribution in [3.63, 3.8) is 0 Å². The Labute approximate surface area is 190 Å². The molecule has 1 heterocycles. The van der Waals surface area contributed by atoms with Gasteiger partial charge in [-0.15, -0.1) is 6.58 Å². The van der Waals surface area contributed by atoms with Gasteiger partial charge < -0.3 is 9.84 Å². The third-order valence-electron chi connectivity index (χ3n) is 4.64. The number of allylic oxidation sites excluding steroid dienone is 1. The number of benzene rings is 2. The van der Waals surface area contributed by atoms with Crippen LogP contribution in [0.3, 0.4) is 0 Å². The molecule has 7 heteroatoms. The number of hydrogen-bond donors (Lipinski definition) is 1. The molecule has 0 unspecified atom stereocenters. The van der Waals surface area contributed by atoms with E-state index < -0.39 is 5.41 Å². The normalized spacial score (nSPS) is 11.9. The lowest BCUT2D eigenvalue weighted by Crippen LogP contribution is -2.29. The Bertz CT molecular complexity index is 1220. The third kappa shape index (κ3) is 4.88. The highest BCUT2D eigenvalue weighted by molar-refractivity contribution is 9.10. The highest BCUT2D eigenvalue weighted by Crippen LogP contribution is 2.32. The zero-order valence-corrected chi connectivity index (χ0v) is 19.7. The average Bonchev–Trinajstić information content (AvgIpc) is 2.70. The van der Waals surface area contributed by atoms with E-state index in [2.05, 4.69) is 27.6 Å². The first-order valence-electron chi connectivity index (χ1n) is 10.0. The molecule has 1 N–H and O–H groups in total. The number of phenolic OH excluding ortho intramolecular Hbond substituents is 1. The predicted molar refractivity (Wildman–Crippen MR) is 129 cm³/mol. The summed E-state index contributed by atoms with van der Waals surface area (Å²) in [6.45, 7) is 12.0. The minimum atomic E-state index is -0.406. The second-order valence-corrected chi connectivity index (χ2v) is 9.08. The smallest absolute Gasteiger partial charge is 0.282 e. The van der Waals surface area contributed by atoms with Gasteiger partial charge in [-0.25, -0.2) is 4.98 Å². The van der Waals surface area contributed by atoms with Crippen molar-refractivity contribution in [3.8, 4) is 11.5 Å². The molecule has 1 aromatic heterocycles. The topological polar surface area (TPSA) is 76.7 Å². The van der Waals surface area contributed by atoms with Crippen molar-refractivity contribution >= 4 is 33.0 Å². The van der Waals surface area contributed by atoms with Gasteiger partial charge in [-0.1, -0.05) is 42.8 Å². The molecule has 162 valence electrons. The summed E-state index contributed by atoms with van der Waals surface area (Å²) in [6.07, 6.45) is 3.77. The SMILES string of the molecule is C=CCc1cc(C=Nn2c(C(C)(C)C)nc3ccc(Br)cc3c2=O)cc(OCC)c1O. The van der Waals surface area contributed by atoms with Gasteiger partial charge in [0.05, 0.1) is 23.7 Å². The van der Waals surface area contributed by atoms with Crippen LogP contribution in [-0.2, 0) is 11.8 Å². The van der Waals surface area contributed by atoms with Crippen molar-refractivity contribution in [1.29, 1.82) is 0 Å². The van der Waals surface area contributed by atoms with Gasteiger partial charge >= 0.3 is 0 Å². The molecule has 0 aliphatic carbocycles. The van der Waals surface area contributed by atoms with Crippen LogP contribution >= 0.6 is 15.9 Å². The number of nitrogens with zero attached hydrogens (tertiary/aromatic N) is 3. The molecule has 0 aliphatic rings. The molecule has 0 saturated heterocycles. The summed E-state index contributed by atoms with van der Waals surface area (Å²) in [5.74, 6) is 1.01. The fourth-order valence-corrected chi connectivity index (χ4v) is 3.57. The van der Waals surface area contributed by atoms with E-state index in [1.54, 1.807) is 30.5 Å². The van der Waals surface area contributed by atoms with Gasteiger partial charge in [0.1, 0.15) is 5.82 Å². The lowest BCUT2D eigenvalue weighted by Gasteiger charge is -2.21. The third-order valence-corrected chi connectivity index (χ3v) is 5.14. The predicted octanol–water partition coefficient (Wildman–Crippen LogP) is 5.17. The van der Waals surface area contributed by atoms with Crippen molar-refractivity contribution in [2.75, 3.05) is 6.61 Å². The number of aromatic hydroxyl groups is 1. The Morgan fingerprint density at radius 3 is 2.68 bits per heavy atom. The van der Waals surface area contributed by atoms with Crippen LogP contribution in [0.1, 0.15) is 44.6 Å².